The van der Waals surface area contributed by atoms with E-state index >= 15 is 0 Å². The van der Waals surface area contributed by atoms with Crippen LogP contribution in [-0.2, 0) is 6.18 Å². The van der Waals surface area contributed by atoms with Gasteiger partial charge in [-0.1, -0.05) is 30.3 Å². The number of anilines is 1. The number of alkyl halides is 3. The Labute approximate surface area is 193 Å². The molecule has 1 saturated heterocycles. The van der Waals surface area contributed by atoms with E-state index in [0.29, 0.717) is 35.9 Å². The van der Waals surface area contributed by atoms with E-state index < -0.39 is 11.7 Å². The Morgan fingerprint density at radius 1 is 1.12 bits per heavy atom. The number of hydrogen-bond donors (Lipinski definition) is 1. The quantitative estimate of drug-likeness (QED) is 0.468. The van der Waals surface area contributed by atoms with Crippen molar-refractivity contribution in [2.75, 3.05) is 18.4 Å². The minimum Gasteiger partial charge on any atom is -0.368 e. The van der Waals surface area contributed by atoms with Gasteiger partial charge in [-0.15, -0.1) is 0 Å². The van der Waals surface area contributed by atoms with Crippen LogP contribution in [0.3, 0.4) is 0 Å². The monoisotopic (exact) mass is 466 g/mol. The number of nitrogens with one attached hydrogen (secondary N) is 1. The van der Waals surface area contributed by atoms with Crippen molar-refractivity contribution in [1.82, 2.24) is 24.3 Å². The molecule has 5 rings (SSSR count). The number of aromatic nitrogens is 4. The Kier molecular flexibility index (Phi) is 5.64. The van der Waals surface area contributed by atoms with E-state index in [1.807, 2.05) is 30.3 Å². The van der Waals surface area contributed by atoms with E-state index in [1.54, 1.807) is 27.9 Å². The SMILES string of the molecule is O=C(c1c(-c2ccccc2)nc2cnccn12)N1CCC[C@H]1CNc1ccc(C(F)(F)F)cn1. The number of hydrogen-bond acceptors (Lipinski definition) is 5. The molecule has 4 aromatic rings. The molecule has 4 heterocycles. The summed E-state index contributed by atoms with van der Waals surface area (Å²) in [7, 11) is 0. The van der Waals surface area contributed by atoms with Gasteiger partial charge in [-0.3, -0.25) is 14.2 Å². The summed E-state index contributed by atoms with van der Waals surface area (Å²) in [6.45, 7) is 0.960. The standard InChI is InChI=1S/C24H21F3N6O/c25-24(26,27)17-8-9-19(29-13-17)30-14-18-7-4-11-32(18)23(34)22-21(16-5-2-1-3-6-16)31-20-15-28-10-12-33(20)22/h1-3,5-6,8-10,12-13,15,18H,4,7,11,14H2,(H,29,30)/t18-/m0/s1. The molecular weight excluding hydrogens is 445 g/mol. The Morgan fingerprint density at radius 3 is 2.68 bits per heavy atom. The van der Waals surface area contributed by atoms with Crippen LogP contribution in [-0.4, -0.2) is 49.3 Å². The van der Waals surface area contributed by atoms with Gasteiger partial charge >= 0.3 is 6.18 Å². The molecule has 1 aliphatic rings. The van der Waals surface area contributed by atoms with Crippen LogP contribution in [0.15, 0.2) is 67.3 Å². The van der Waals surface area contributed by atoms with E-state index in [2.05, 4.69) is 20.3 Å². The molecule has 1 aliphatic heterocycles. The average Bonchev–Trinajstić information content (AvgIpc) is 3.47. The van der Waals surface area contributed by atoms with Crippen LogP contribution in [0.1, 0.15) is 28.9 Å². The van der Waals surface area contributed by atoms with E-state index in [9.17, 15) is 18.0 Å². The number of nitrogens with zero attached hydrogens (tertiary/aromatic N) is 5. The first kappa shape index (κ1) is 21.9. The van der Waals surface area contributed by atoms with Crippen LogP contribution < -0.4 is 5.32 Å². The largest absolute Gasteiger partial charge is 0.417 e. The summed E-state index contributed by atoms with van der Waals surface area (Å²) in [4.78, 5) is 28.2. The Morgan fingerprint density at radius 2 is 1.94 bits per heavy atom. The second kappa shape index (κ2) is 8.77. The van der Waals surface area contributed by atoms with Gasteiger partial charge in [0, 0.05) is 43.3 Å². The van der Waals surface area contributed by atoms with Crippen LogP contribution in [0.2, 0.25) is 0 Å². The highest BCUT2D eigenvalue weighted by Gasteiger charge is 2.33. The molecule has 0 saturated carbocycles. The lowest BCUT2D eigenvalue weighted by Gasteiger charge is -2.25. The minimum absolute atomic E-state index is 0.132. The number of benzene rings is 1. The van der Waals surface area contributed by atoms with Crippen molar-refractivity contribution >= 4 is 17.4 Å². The Hall–Kier alpha value is -3.95. The second-order valence-electron chi connectivity index (χ2n) is 8.08. The van der Waals surface area contributed by atoms with Crippen molar-refractivity contribution in [1.29, 1.82) is 0 Å². The van der Waals surface area contributed by atoms with E-state index in [-0.39, 0.29) is 11.9 Å². The summed E-state index contributed by atoms with van der Waals surface area (Å²) in [6.07, 6.45) is 2.92. The van der Waals surface area contributed by atoms with Crippen molar-refractivity contribution in [3.8, 4) is 11.3 Å². The molecule has 1 N–H and O–H groups in total. The summed E-state index contributed by atoms with van der Waals surface area (Å²) in [5.74, 6) is 0.181. The zero-order valence-electron chi connectivity index (χ0n) is 18.0. The van der Waals surface area contributed by atoms with Crippen LogP contribution in [0, 0.1) is 0 Å². The van der Waals surface area contributed by atoms with Gasteiger partial charge in [0.05, 0.1) is 11.8 Å². The lowest BCUT2D eigenvalue weighted by Crippen LogP contribution is -2.40. The van der Waals surface area contributed by atoms with Crippen LogP contribution in [0.5, 0.6) is 0 Å². The molecule has 1 atom stereocenters. The number of carbonyl (C=O) groups excluding carboxylic acids is 1. The summed E-state index contributed by atoms with van der Waals surface area (Å²) < 4.78 is 40.1. The van der Waals surface area contributed by atoms with Gasteiger partial charge in [0.2, 0.25) is 0 Å². The number of imidazole rings is 1. The zero-order valence-corrected chi connectivity index (χ0v) is 18.0. The third kappa shape index (κ3) is 4.18. The molecular formula is C24H21F3N6O. The fourth-order valence-corrected chi connectivity index (χ4v) is 4.25. The molecule has 1 fully saturated rings. The average molecular weight is 466 g/mol. The first-order valence-corrected chi connectivity index (χ1v) is 10.9. The van der Waals surface area contributed by atoms with Crippen LogP contribution in [0.25, 0.3) is 16.9 Å². The van der Waals surface area contributed by atoms with Crippen LogP contribution >= 0.6 is 0 Å². The molecule has 10 heteroatoms. The van der Waals surface area contributed by atoms with Crippen molar-refractivity contribution < 1.29 is 18.0 Å². The number of fused-ring (bicyclic) bond motifs is 1. The topological polar surface area (TPSA) is 75.4 Å². The highest BCUT2D eigenvalue weighted by molar-refractivity contribution is 6.00. The van der Waals surface area contributed by atoms with Gasteiger partial charge in [0.15, 0.2) is 5.65 Å². The highest BCUT2D eigenvalue weighted by atomic mass is 19.4. The molecule has 0 radical (unpaired) electrons. The number of rotatable bonds is 5. The molecule has 0 bridgehead atoms. The van der Waals surface area contributed by atoms with Gasteiger partial charge in [-0.05, 0) is 25.0 Å². The van der Waals surface area contributed by atoms with Gasteiger partial charge in [-0.25, -0.2) is 9.97 Å². The molecule has 0 unspecified atom stereocenters. The number of halogens is 3. The van der Waals surface area contributed by atoms with E-state index in [4.69, 9.17) is 0 Å². The molecule has 1 amide bonds. The molecule has 0 spiro atoms. The maximum absolute atomic E-state index is 13.8. The number of carbonyl (C=O) groups is 1. The summed E-state index contributed by atoms with van der Waals surface area (Å²) >= 11 is 0. The summed E-state index contributed by atoms with van der Waals surface area (Å²) in [5, 5.41) is 3.07. The second-order valence-corrected chi connectivity index (χ2v) is 8.08. The summed E-state index contributed by atoms with van der Waals surface area (Å²) in [5.41, 5.74) is 1.65. The van der Waals surface area contributed by atoms with Crippen molar-refractivity contribution in [2.45, 2.75) is 25.1 Å². The van der Waals surface area contributed by atoms with E-state index in [0.717, 1.165) is 30.7 Å². The number of pyridine rings is 1. The van der Waals surface area contributed by atoms with Gasteiger partial charge in [0.25, 0.3) is 5.91 Å². The minimum atomic E-state index is -4.43. The molecule has 1 aromatic carbocycles. The highest BCUT2D eigenvalue weighted by Crippen LogP contribution is 2.30. The third-order valence-electron chi connectivity index (χ3n) is 5.93. The van der Waals surface area contributed by atoms with Crippen LogP contribution in [0.4, 0.5) is 19.0 Å². The molecule has 3 aromatic heterocycles. The third-order valence-corrected chi connectivity index (χ3v) is 5.93. The van der Waals surface area contributed by atoms with Crippen molar-refractivity contribution in [2.24, 2.45) is 0 Å². The predicted molar refractivity (Wildman–Crippen MR) is 120 cm³/mol. The van der Waals surface area contributed by atoms with Crippen molar-refractivity contribution in [3.63, 3.8) is 0 Å². The maximum atomic E-state index is 13.8. The number of amides is 1. The van der Waals surface area contributed by atoms with Gasteiger partial charge in [-0.2, -0.15) is 13.2 Å². The lowest BCUT2D eigenvalue weighted by atomic mass is 10.1. The fourth-order valence-electron chi connectivity index (χ4n) is 4.25. The first-order chi connectivity index (χ1) is 16.4. The Bertz CT molecular complexity index is 1300. The lowest BCUT2D eigenvalue weighted by molar-refractivity contribution is -0.137. The molecule has 0 aliphatic carbocycles. The maximum Gasteiger partial charge on any atom is 0.417 e. The normalized spacial score (nSPS) is 16.2. The summed E-state index contributed by atoms with van der Waals surface area (Å²) in [6, 6.07) is 11.7. The van der Waals surface area contributed by atoms with Crippen molar-refractivity contribution in [3.05, 3.63) is 78.5 Å². The predicted octanol–water partition coefficient (Wildman–Crippen LogP) is 4.53. The molecule has 34 heavy (non-hydrogen) atoms. The first-order valence-electron chi connectivity index (χ1n) is 10.9. The van der Waals surface area contributed by atoms with Gasteiger partial charge < -0.3 is 10.2 Å². The molecule has 7 nitrogen and oxygen atoms in total. The molecule has 174 valence electrons. The Balaban J connectivity index is 1.39. The van der Waals surface area contributed by atoms with E-state index in [1.165, 1.54) is 6.07 Å². The number of likely N-dealkylation sites (tertiary alicyclic amines) is 1. The zero-order chi connectivity index (χ0) is 23.7. The smallest absolute Gasteiger partial charge is 0.368 e. The van der Waals surface area contributed by atoms with Gasteiger partial charge in [0.1, 0.15) is 17.2 Å². The fraction of sp³-hybridized carbons (Fsp3) is 0.250.